The molecule has 4 aliphatic heterocycles. The smallest absolute Gasteiger partial charge is 0.257 e. The largest absolute Gasteiger partial charge is 0.493 e. The summed E-state index contributed by atoms with van der Waals surface area (Å²) in [7, 11) is 3.07. The number of aliphatic imine (C=N–C) groups is 1. The number of anilines is 1. The van der Waals surface area contributed by atoms with Gasteiger partial charge in [0.05, 0.1) is 56.0 Å². The van der Waals surface area contributed by atoms with Gasteiger partial charge in [0, 0.05) is 31.4 Å². The molecule has 4 aliphatic rings. The zero-order valence-corrected chi connectivity index (χ0v) is 25.0. The molecular formula is C33H36N4O7. The summed E-state index contributed by atoms with van der Waals surface area (Å²) in [6, 6.07) is 6.10. The van der Waals surface area contributed by atoms with Gasteiger partial charge in [-0.3, -0.25) is 19.4 Å². The van der Waals surface area contributed by atoms with Crippen LogP contribution in [0.3, 0.4) is 0 Å². The topological polar surface area (TPSA) is 119 Å². The van der Waals surface area contributed by atoms with Crippen molar-refractivity contribution in [2.75, 3.05) is 45.8 Å². The second-order valence-corrected chi connectivity index (χ2v) is 11.5. The third kappa shape index (κ3) is 5.49. The number of unbranched alkanes of at least 4 members (excludes halogenated alkanes) is 2. The van der Waals surface area contributed by atoms with Gasteiger partial charge >= 0.3 is 0 Å². The highest BCUT2D eigenvalue weighted by atomic mass is 16.5. The van der Waals surface area contributed by atoms with Crippen molar-refractivity contribution < 1.29 is 33.3 Å². The highest BCUT2D eigenvalue weighted by Gasteiger charge is 2.40. The number of fused-ring (bicyclic) bond motifs is 4. The summed E-state index contributed by atoms with van der Waals surface area (Å²) in [4.78, 5) is 47.1. The molecule has 0 aliphatic carbocycles. The first kappa shape index (κ1) is 29.3. The van der Waals surface area contributed by atoms with E-state index in [1.54, 1.807) is 41.2 Å². The second kappa shape index (κ2) is 12.1. The van der Waals surface area contributed by atoms with E-state index >= 15 is 0 Å². The van der Waals surface area contributed by atoms with Gasteiger partial charge in [0.1, 0.15) is 6.04 Å². The zero-order chi connectivity index (χ0) is 31.0. The minimum atomic E-state index is -0.556. The van der Waals surface area contributed by atoms with Gasteiger partial charge in [-0.05, 0) is 44.2 Å². The van der Waals surface area contributed by atoms with Gasteiger partial charge in [-0.1, -0.05) is 24.3 Å². The number of ether oxygens (including phenoxy) is 4. The van der Waals surface area contributed by atoms with Gasteiger partial charge in [-0.25, -0.2) is 0 Å². The summed E-state index contributed by atoms with van der Waals surface area (Å²) in [6.07, 6.45) is 5.32. The molecule has 3 amide bonds. The highest BCUT2D eigenvalue weighted by molar-refractivity contribution is 6.11. The van der Waals surface area contributed by atoms with E-state index in [4.69, 9.17) is 18.9 Å². The first-order chi connectivity index (χ1) is 21.3. The minimum absolute atomic E-state index is 0.0782. The monoisotopic (exact) mass is 600 g/mol. The molecular weight excluding hydrogens is 564 g/mol. The number of nitrogens with zero attached hydrogens (tertiary/aromatic N) is 3. The summed E-state index contributed by atoms with van der Waals surface area (Å²) in [5.41, 5.74) is 3.71. The van der Waals surface area contributed by atoms with Gasteiger partial charge in [0.2, 0.25) is 5.91 Å². The second-order valence-electron chi connectivity index (χ2n) is 11.5. The van der Waals surface area contributed by atoms with Gasteiger partial charge in [0.15, 0.2) is 23.0 Å². The van der Waals surface area contributed by atoms with E-state index in [1.807, 2.05) is 6.21 Å². The average molecular weight is 601 g/mol. The molecule has 11 nitrogen and oxygen atoms in total. The summed E-state index contributed by atoms with van der Waals surface area (Å²) >= 11 is 0. The molecule has 2 fully saturated rings. The Bertz CT molecular complexity index is 1580. The average Bonchev–Trinajstić information content (AvgIpc) is 3.55. The maximum absolute atomic E-state index is 13.2. The van der Waals surface area contributed by atoms with Crippen molar-refractivity contribution in [2.24, 2.45) is 4.99 Å². The van der Waals surface area contributed by atoms with Crippen LogP contribution in [0.5, 0.6) is 23.0 Å². The molecule has 1 unspecified atom stereocenters. The van der Waals surface area contributed by atoms with Gasteiger partial charge < -0.3 is 34.1 Å². The molecule has 4 heterocycles. The molecule has 44 heavy (non-hydrogen) atoms. The molecule has 6 rings (SSSR count). The number of rotatable bonds is 10. The summed E-state index contributed by atoms with van der Waals surface area (Å²) < 4.78 is 23.1. The summed E-state index contributed by atoms with van der Waals surface area (Å²) in [5.74, 6) is 1.35. The lowest BCUT2D eigenvalue weighted by atomic mass is 10.1. The van der Waals surface area contributed by atoms with Crippen LogP contribution in [0.1, 0.15) is 52.8 Å². The van der Waals surface area contributed by atoms with Crippen molar-refractivity contribution in [3.63, 3.8) is 0 Å². The molecule has 1 N–H and O–H groups in total. The molecule has 2 atom stereocenters. The number of nitrogens with one attached hydrogen (secondary N) is 1. The van der Waals surface area contributed by atoms with Crippen LogP contribution in [-0.2, 0) is 4.79 Å². The summed E-state index contributed by atoms with van der Waals surface area (Å²) in [6.45, 7) is 9.72. The fraction of sp³-hybridized carbons (Fsp3) is 0.394. The normalized spacial score (nSPS) is 20.4. The Morgan fingerprint density at radius 1 is 0.795 bits per heavy atom. The lowest BCUT2D eigenvalue weighted by Gasteiger charge is -2.20. The molecule has 2 aromatic rings. The third-order valence-electron chi connectivity index (χ3n) is 8.36. The van der Waals surface area contributed by atoms with Crippen molar-refractivity contribution in [1.82, 2.24) is 9.80 Å². The van der Waals surface area contributed by atoms with Crippen LogP contribution in [0.15, 0.2) is 53.6 Å². The first-order valence-electron chi connectivity index (χ1n) is 14.8. The van der Waals surface area contributed by atoms with Crippen molar-refractivity contribution in [3.05, 3.63) is 59.7 Å². The molecule has 0 spiro atoms. The number of amides is 3. The van der Waals surface area contributed by atoms with E-state index in [9.17, 15) is 14.4 Å². The quantitative estimate of drug-likeness (QED) is 0.314. The Hall–Kier alpha value is -4.80. The Morgan fingerprint density at radius 3 is 2.11 bits per heavy atom. The zero-order valence-electron chi connectivity index (χ0n) is 25.0. The fourth-order valence-electron chi connectivity index (χ4n) is 6.08. The van der Waals surface area contributed by atoms with E-state index in [-0.39, 0.29) is 23.8 Å². The SMILES string of the molecule is C=C1CC2C=Nc3cc(OCCCCCOc4cc5c(cc4OC)C(=O)N4CC(=C)C[C@H]4C(=O)N5)c(OC)cc3C(=O)N2C1. The van der Waals surface area contributed by atoms with Crippen molar-refractivity contribution in [1.29, 1.82) is 0 Å². The van der Waals surface area contributed by atoms with Gasteiger partial charge in [-0.15, -0.1) is 0 Å². The molecule has 2 aromatic carbocycles. The Labute approximate surface area is 256 Å². The predicted octanol–water partition coefficient (Wildman–Crippen LogP) is 4.54. The highest BCUT2D eigenvalue weighted by Crippen LogP contribution is 2.40. The number of carbonyl (C=O) groups excluding carboxylic acids is 3. The Morgan fingerprint density at radius 2 is 1.41 bits per heavy atom. The van der Waals surface area contributed by atoms with E-state index in [0.29, 0.717) is 78.2 Å². The first-order valence-corrected chi connectivity index (χ1v) is 14.8. The Kier molecular flexibility index (Phi) is 8.03. The molecule has 2 saturated heterocycles. The number of hydrogen-bond donors (Lipinski definition) is 1. The van der Waals surface area contributed by atoms with Gasteiger partial charge in [-0.2, -0.15) is 0 Å². The van der Waals surface area contributed by atoms with E-state index in [2.05, 4.69) is 23.5 Å². The maximum Gasteiger partial charge on any atom is 0.257 e. The molecule has 230 valence electrons. The standard InChI is InChI=1S/C33H36N4O7/c1-19-10-21-16-34-24-14-29(27(41-3)12-22(24)32(39)36(21)17-19)43-8-6-5-7-9-44-30-15-25-23(13-28(30)42-4)33(40)37-18-20(2)11-26(37)31(38)35-25/h12-16,21,26H,1-2,5-11,17-18H2,3-4H3,(H,35,38)/t21?,26-/m0/s1. The van der Waals surface area contributed by atoms with Crippen LogP contribution < -0.4 is 24.3 Å². The van der Waals surface area contributed by atoms with Gasteiger partial charge in [0.25, 0.3) is 11.8 Å². The van der Waals surface area contributed by atoms with Crippen LogP contribution in [-0.4, -0.2) is 86.3 Å². The van der Waals surface area contributed by atoms with Crippen LogP contribution in [0, 0.1) is 0 Å². The summed E-state index contributed by atoms with van der Waals surface area (Å²) in [5, 5.41) is 2.88. The predicted molar refractivity (Wildman–Crippen MR) is 165 cm³/mol. The van der Waals surface area contributed by atoms with Crippen LogP contribution in [0.4, 0.5) is 11.4 Å². The van der Waals surface area contributed by atoms with E-state index < -0.39 is 6.04 Å². The van der Waals surface area contributed by atoms with Crippen molar-refractivity contribution >= 4 is 35.3 Å². The maximum atomic E-state index is 13.2. The third-order valence-corrected chi connectivity index (χ3v) is 8.36. The Balaban J connectivity index is 1.03. The van der Waals surface area contributed by atoms with E-state index in [1.165, 1.54) is 7.11 Å². The lowest BCUT2D eigenvalue weighted by Crippen LogP contribution is -2.40. The molecule has 0 bridgehead atoms. The molecule has 11 heteroatoms. The molecule has 0 aromatic heterocycles. The van der Waals surface area contributed by atoms with Crippen LogP contribution in [0.2, 0.25) is 0 Å². The number of benzene rings is 2. The molecule has 0 saturated carbocycles. The van der Waals surface area contributed by atoms with E-state index in [0.717, 1.165) is 36.8 Å². The van der Waals surface area contributed by atoms with Crippen LogP contribution in [0.25, 0.3) is 0 Å². The molecule has 0 radical (unpaired) electrons. The number of carbonyl (C=O) groups is 3. The number of hydrogen-bond acceptors (Lipinski definition) is 8. The fourth-order valence-corrected chi connectivity index (χ4v) is 6.08. The number of methoxy groups -OCH3 is 2. The van der Waals surface area contributed by atoms with Crippen molar-refractivity contribution in [3.8, 4) is 23.0 Å². The minimum Gasteiger partial charge on any atom is -0.493 e. The van der Waals surface area contributed by atoms with Crippen LogP contribution >= 0.6 is 0 Å². The lowest BCUT2D eigenvalue weighted by molar-refractivity contribution is -0.119. The van der Waals surface area contributed by atoms with Crippen molar-refractivity contribution in [2.45, 2.75) is 44.2 Å².